The quantitative estimate of drug-likeness (QED) is 0.0671. The highest BCUT2D eigenvalue weighted by Gasteiger charge is 2.57. The molecule has 448 valence electrons. The molecule has 0 radical (unpaired) electrons. The number of carbonyl (C=O) groups is 5. The van der Waals surface area contributed by atoms with Gasteiger partial charge in [0.05, 0.1) is 39.8 Å². The Morgan fingerprint density at radius 2 is 0.805 bits per heavy atom. The van der Waals surface area contributed by atoms with Crippen LogP contribution in [-0.4, -0.2) is 169 Å². The van der Waals surface area contributed by atoms with Crippen LogP contribution in [0.25, 0.3) is 33.4 Å². The van der Waals surface area contributed by atoms with E-state index in [1.165, 1.54) is 6.07 Å². The molecule has 6 heterocycles. The molecule has 6 bridgehead atoms. The summed E-state index contributed by atoms with van der Waals surface area (Å²) in [4.78, 5) is 75.8. The summed E-state index contributed by atoms with van der Waals surface area (Å²) in [6.45, 7) is -1.63. The van der Waals surface area contributed by atoms with E-state index >= 15 is 19.2 Å². The summed E-state index contributed by atoms with van der Waals surface area (Å²) < 4.78 is 35.3. The van der Waals surface area contributed by atoms with E-state index in [9.17, 15) is 107 Å². The minimum absolute atomic E-state index is 0.0205. The van der Waals surface area contributed by atoms with Gasteiger partial charge in [0, 0.05) is 62.6 Å². The largest absolute Gasteiger partial charge is 0.507 e. The van der Waals surface area contributed by atoms with Crippen LogP contribution >= 0.6 is 0 Å². The lowest BCUT2D eigenvalue weighted by atomic mass is 9.73. The monoisotopic (exact) mass is 1210 g/mol. The normalized spacial score (nSPS) is 20.9. The van der Waals surface area contributed by atoms with Crippen LogP contribution in [-0.2, 0) is 30.1 Å². The molecule has 0 saturated carbocycles. The van der Waals surface area contributed by atoms with Crippen LogP contribution in [0.3, 0.4) is 0 Å². The SMILES string of the molecule is O=C1OC[C@H]2OC(=O)c3cc(O)c(O)c(O)c3-c3c(O)c(O)c(O)c4c3C(=O)O[C@H]([C@H]3OC(=O)c5c-4c(O)c(O)c(O)c5[C@H]3c3c(O)cc4c(c3O)C[C@@H](O)[C@@H](c3ccc(O)c(O)c3)O4)[C@@H]2OC(=O)c2cc(O)c(O)c(O)c2-c2c1cc(O)c(O)c2O. The van der Waals surface area contributed by atoms with E-state index in [1.807, 2.05) is 0 Å². The summed E-state index contributed by atoms with van der Waals surface area (Å²) in [6, 6.07) is 5.01. The van der Waals surface area contributed by atoms with Crippen LogP contribution in [0.2, 0.25) is 0 Å². The summed E-state index contributed by atoms with van der Waals surface area (Å²) >= 11 is 0. The van der Waals surface area contributed by atoms with Gasteiger partial charge in [-0.2, -0.15) is 0 Å². The lowest BCUT2D eigenvalue weighted by Gasteiger charge is -2.43. The Kier molecular flexibility index (Phi) is 12.1. The van der Waals surface area contributed by atoms with Crippen LogP contribution in [0.15, 0.2) is 42.5 Å². The van der Waals surface area contributed by atoms with Crippen molar-refractivity contribution in [1.82, 2.24) is 0 Å². The van der Waals surface area contributed by atoms with Gasteiger partial charge in [0.25, 0.3) is 0 Å². The smallest absolute Gasteiger partial charge is 0.340 e. The number of phenols is 19. The van der Waals surface area contributed by atoms with Crippen LogP contribution < -0.4 is 4.74 Å². The maximum Gasteiger partial charge on any atom is 0.340 e. The van der Waals surface area contributed by atoms with E-state index in [0.717, 1.165) is 18.2 Å². The second kappa shape index (κ2) is 18.9. The zero-order valence-electron chi connectivity index (χ0n) is 42.9. The van der Waals surface area contributed by atoms with Crippen molar-refractivity contribution in [3.05, 3.63) is 92.5 Å². The molecule has 7 atom stereocenters. The fourth-order valence-electron chi connectivity index (χ4n) is 11.6. The molecule has 0 amide bonds. The molecule has 0 saturated heterocycles. The van der Waals surface area contributed by atoms with E-state index in [1.54, 1.807) is 0 Å². The average Bonchev–Trinajstić information content (AvgIpc) is 1.30. The molecule has 0 aromatic heterocycles. The van der Waals surface area contributed by atoms with Crippen molar-refractivity contribution in [3.8, 4) is 148 Å². The first kappa shape index (κ1) is 55.4. The van der Waals surface area contributed by atoms with Gasteiger partial charge in [-0.05, 0) is 35.9 Å². The number of carbonyl (C=O) groups excluding carboxylic acids is 5. The van der Waals surface area contributed by atoms with Crippen molar-refractivity contribution >= 4 is 29.8 Å². The van der Waals surface area contributed by atoms with E-state index in [2.05, 4.69) is 0 Å². The summed E-state index contributed by atoms with van der Waals surface area (Å²) in [5.74, 6) is -40.4. The molecular weight excluding hydrogens is 1170 g/mol. The second-order valence-corrected chi connectivity index (χ2v) is 20.2. The molecule has 31 heteroatoms. The zero-order valence-corrected chi connectivity index (χ0v) is 42.9. The van der Waals surface area contributed by atoms with Crippen LogP contribution in [0.5, 0.6) is 115 Å². The van der Waals surface area contributed by atoms with Gasteiger partial charge in [0.2, 0.25) is 28.7 Å². The third kappa shape index (κ3) is 7.75. The first-order chi connectivity index (χ1) is 41.0. The first-order valence-electron chi connectivity index (χ1n) is 25.0. The van der Waals surface area contributed by atoms with Gasteiger partial charge in [-0.15, -0.1) is 0 Å². The Balaban J connectivity index is 1.21. The van der Waals surface area contributed by atoms with Crippen molar-refractivity contribution in [2.45, 2.75) is 49.0 Å². The molecule has 0 fully saturated rings. The van der Waals surface area contributed by atoms with Gasteiger partial charge in [-0.1, -0.05) is 6.07 Å². The highest BCUT2D eigenvalue weighted by molar-refractivity contribution is 6.17. The molecular formula is C56H38O31. The molecule has 0 unspecified atom stereocenters. The summed E-state index contributed by atoms with van der Waals surface area (Å²) in [7, 11) is 0. The van der Waals surface area contributed by atoms with Crippen molar-refractivity contribution < 1.29 is 155 Å². The molecule has 0 spiro atoms. The highest BCUT2D eigenvalue weighted by atomic mass is 16.6. The van der Waals surface area contributed by atoms with Crippen molar-refractivity contribution in [1.29, 1.82) is 0 Å². The molecule has 7 aromatic carbocycles. The van der Waals surface area contributed by atoms with Crippen molar-refractivity contribution in [2.24, 2.45) is 0 Å². The summed E-state index contributed by atoms with van der Waals surface area (Å²) in [5.41, 5.74) is -17.4. The third-order valence-electron chi connectivity index (χ3n) is 15.5. The van der Waals surface area contributed by atoms with Gasteiger partial charge in [0.15, 0.2) is 93.4 Å². The van der Waals surface area contributed by atoms with Gasteiger partial charge < -0.3 is 131 Å². The Morgan fingerprint density at radius 1 is 0.345 bits per heavy atom. The van der Waals surface area contributed by atoms with Gasteiger partial charge in [-0.25, -0.2) is 24.0 Å². The lowest BCUT2D eigenvalue weighted by Crippen LogP contribution is -2.56. The van der Waals surface area contributed by atoms with Crippen LogP contribution in [0.1, 0.15) is 86.1 Å². The number of fused-ring (bicyclic) bond motifs is 8. The predicted molar refractivity (Wildman–Crippen MR) is 276 cm³/mol. The number of phenolic OH excluding ortho intramolecular Hbond substituents is 19. The maximum atomic E-state index is 15.8. The fourth-order valence-corrected chi connectivity index (χ4v) is 11.6. The second-order valence-electron chi connectivity index (χ2n) is 20.2. The molecule has 13 rings (SSSR count). The topological polar surface area (TPSA) is 545 Å². The van der Waals surface area contributed by atoms with E-state index in [-0.39, 0.29) is 11.6 Å². The predicted octanol–water partition coefficient (Wildman–Crippen LogP) is 3.28. The van der Waals surface area contributed by atoms with Crippen LogP contribution in [0, 0.1) is 0 Å². The number of esters is 5. The molecule has 87 heavy (non-hydrogen) atoms. The van der Waals surface area contributed by atoms with Crippen molar-refractivity contribution in [2.75, 3.05) is 6.61 Å². The minimum atomic E-state index is -3.01. The van der Waals surface area contributed by atoms with Crippen LogP contribution in [0.4, 0.5) is 0 Å². The summed E-state index contributed by atoms with van der Waals surface area (Å²) in [6.07, 6.45) is -15.4. The number of aliphatic hydroxyl groups excluding tert-OH is 1. The standard InChI is InChI=1S/C56H38O31/c57-15-2-1-10(3-16(15)58)48-21(63)4-11-22(83-48)8-17(59)27(35(11)64)32-31-34-30(44(73)47(76)45(31)74)29-33-28(42(71)46(75)43(29)72)26-14(7-20(62)38(67)41(26)70)53(78)84-23-9-82-52(77)12-5-18(60)36(65)39(68)24(12)25-13(6-19(61)37(66)40(25)69)54(79)85-49(23)51(87-56(33)81)50(32)86-55(34)80/h1-3,5-8,21,23,32,48-51,57-76H,4,9H2/t21-,23-,32-,48-,49-,50+,51+/m1/s1. The fraction of sp³-hybridized carbons (Fsp3) is 0.161. The Bertz CT molecular complexity index is 4350. The number of cyclic esters (lactones) is 1. The number of hydrogen-bond donors (Lipinski definition) is 20. The number of ether oxygens (including phenoxy) is 6. The Morgan fingerprint density at radius 3 is 1.37 bits per heavy atom. The first-order valence-corrected chi connectivity index (χ1v) is 25.0. The lowest BCUT2D eigenvalue weighted by molar-refractivity contribution is -0.135. The molecule has 0 aliphatic carbocycles. The number of hydrogen-bond acceptors (Lipinski definition) is 31. The van der Waals surface area contributed by atoms with E-state index in [0.29, 0.717) is 12.1 Å². The number of aliphatic hydroxyl groups is 1. The Labute approximate surface area is 479 Å². The number of benzene rings is 7. The summed E-state index contributed by atoms with van der Waals surface area (Å²) in [5, 5.41) is 228. The van der Waals surface area contributed by atoms with Gasteiger partial charge in [0.1, 0.15) is 30.0 Å². The van der Waals surface area contributed by atoms with E-state index in [4.69, 9.17) is 28.4 Å². The third-order valence-corrected chi connectivity index (χ3v) is 15.5. The molecule has 6 aliphatic rings. The van der Waals surface area contributed by atoms with Crippen molar-refractivity contribution in [3.63, 3.8) is 0 Å². The molecule has 6 aliphatic heterocycles. The van der Waals surface area contributed by atoms with E-state index < -0.39 is 278 Å². The highest BCUT2D eigenvalue weighted by Crippen LogP contribution is 2.64. The zero-order chi connectivity index (χ0) is 62.7. The van der Waals surface area contributed by atoms with Gasteiger partial charge in [-0.3, -0.25) is 0 Å². The Hall–Kier alpha value is -12.2. The minimum Gasteiger partial charge on any atom is -0.507 e. The van der Waals surface area contributed by atoms with Gasteiger partial charge >= 0.3 is 29.8 Å². The average molecular weight is 1210 g/mol. The maximum absolute atomic E-state index is 15.8. The number of aromatic hydroxyl groups is 19. The molecule has 7 aromatic rings. The molecule has 20 N–H and O–H groups in total. The number of rotatable bonds is 2. The molecule has 31 nitrogen and oxygen atoms in total.